The minimum Gasteiger partial charge on any atom is -0.396 e. The van der Waals surface area contributed by atoms with Gasteiger partial charge in [0.15, 0.2) is 0 Å². The Bertz CT molecular complexity index is 306. The highest BCUT2D eigenvalue weighted by atomic mass is 16.3. The molecule has 1 aromatic carbocycles. The topological polar surface area (TPSA) is 20.2 Å². The van der Waals surface area contributed by atoms with Gasteiger partial charge in [-0.25, -0.2) is 0 Å². The molecule has 1 aliphatic carbocycles. The average Bonchev–Trinajstić information content (AvgIpc) is 2.27. The summed E-state index contributed by atoms with van der Waals surface area (Å²) in [4.78, 5) is 0. The van der Waals surface area contributed by atoms with Gasteiger partial charge in [0.25, 0.3) is 0 Å². The van der Waals surface area contributed by atoms with E-state index in [1.54, 1.807) is 0 Å². The van der Waals surface area contributed by atoms with Crippen LogP contribution in [0.5, 0.6) is 0 Å². The van der Waals surface area contributed by atoms with Crippen LogP contribution in [0, 0.1) is 5.92 Å². The van der Waals surface area contributed by atoms with E-state index in [4.69, 9.17) is 0 Å². The normalized spacial score (nSPS) is 22.9. The van der Waals surface area contributed by atoms with E-state index in [2.05, 4.69) is 31.2 Å². The van der Waals surface area contributed by atoms with Crippen LogP contribution in [0.15, 0.2) is 24.3 Å². The highest BCUT2D eigenvalue weighted by Crippen LogP contribution is 2.36. The summed E-state index contributed by atoms with van der Waals surface area (Å²) >= 11 is 0. The summed E-state index contributed by atoms with van der Waals surface area (Å²) in [5.41, 5.74) is 2.96. The lowest BCUT2D eigenvalue weighted by molar-refractivity contribution is 0.208. The zero-order chi connectivity index (χ0) is 9.97. The van der Waals surface area contributed by atoms with Gasteiger partial charge in [0.1, 0.15) is 0 Å². The molecule has 0 bridgehead atoms. The van der Waals surface area contributed by atoms with Crippen molar-refractivity contribution in [2.24, 2.45) is 5.92 Å². The maximum atomic E-state index is 9.21. The molecule has 0 saturated carbocycles. The van der Waals surface area contributed by atoms with Gasteiger partial charge in [0, 0.05) is 6.61 Å². The molecule has 2 atom stereocenters. The smallest absolute Gasteiger partial charge is 0.0462 e. The molecule has 0 heterocycles. The summed E-state index contributed by atoms with van der Waals surface area (Å²) in [5, 5.41) is 9.21. The van der Waals surface area contributed by atoms with Gasteiger partial charge in [-0.2, -0.15) is 0 Å². The van der Waals surface area contributed by atoms with Crippen molar-refractivity contribution >= 4 is 0 Å². The van der Waals surface area contributed by atoms with E-state index >= 15 is 0 Å². The second kappa shape index (κ2) is 4.14. The van der Waals surface area contributed by atoms with Crippen molar-refractivity contribution in [2.75, 3.05) is 6.61 Å². The molecule has 0 fully saturated rings. The molecule has 1 heteroatoms. The predicted molar refractivity (Wildman–Crippen MR) is 58.4 cm³/mol. The van der Waals surface area contributed by atoms with Crippen LogP contribution in [-0.2, 0) is 6.42 Å². The van der Waals surface area contributed by atoms with Crippen molar-refractivity contribution in [3.63, 3.8) is 0 Å². The van der Waals surface area contributed by atoms with Crippen molar-refractivity contribution in [3.05, 3.63) is 35.4 Å². The number of hydrogen-bond acceptors (Lipinski definition) is 1. The van der Waals surface area contributed by atoms with E-state index in [0.29, 0.717) is 18.4 Å². The molecular weight excluding hydrogens is 172 g/mol. The average molecular weight is 190 g/mol. The zero-order valence-electron chi connectivity index (χ0n) is 8.74. The standard InChI is InChI=1S/C13H18O/c1-10(9-14)12-8-4-6-11-5-2-3-7-13(11)12/h2-3,5,7,10,12,14H,4,6,8-9H2,1H3. The summed E-state index contributed by atoms with van der Waals surface area (Å²) in [5.74, 6) is 0.974. The van der Waals surface area contributed by atoms with E-state index < -0.39 is 0 Å². The van der Waals surface area contributed by atoms with E-state index in [9.17, 15) is 5.11 Å². The van der Waals surface area contributed by atoms with Gasteiger partial charge in [-0.3, -0.25) is 0 Å². The fourth-order valence-electron chi connectivity index (χ4n) is 2.51. The molecule has 0 spiro atoms. The molecule has 2 rings (SSSR count). The van der Waals surface area contributed by atoms with Gasteiger partial charge in [0.2, 0.25) is 0 Å². The van der Waals surface area contributed by atoms with Crippen LogP contribution in [0.4, 0.5) is 0 Å². The van der Waals surface area contributed by atoms with E-state index in [1.165, 1.54) is 30.4 Å². The molecule has 1 N–H and O–H groups in total. The lowest BCUT2D eigenvalue weighted by Gasteiger charge is -2.29. The first-order valence-electron chi connectivity index (χ1n) is 5.51. The first kappa shape index (κ1) is 9.72. The summed E-state index contributed by atoms with van der Waals surface area (Å²) < 4.78 is 0. The summed E-state index contributed by atoms with van der Waals surface area (Å²) in [7, 11) is 0. The third-order valence-corrected chi connectivity index (χ3v) is 3.39. The molecule has 14 heavy (non-hydrogen) atoms. The Balaban J connectivity index is 2.30. The number of rotatable bonds is 2. The molecule has 0 saturated heterocycles. The molecule has 76 valence electrons. The molecule has 1 nitrogen and oxygen atoms in total. The largest absolute Gasteiger partial charge is 0.396 e. The van der Waals surface area contributed by atoms with Crippen LogP contribution >= 0.6 is 0 Å². The monoisotopic (exact) mass is 190 g/mol. The van der Waals surface area contributed by atoms with E-state index in [0.717, 1.165) is 0 Å². The second-order valence-corrected chi connectivity index (χ2v) is 4.36. The Hall–Kier alpha value is -0.820. The maximum Gasteiger partial charge on any atom is 0.0462 e. The third kappa shape index (κ3) is 1.69. The fraction of sp³-hybridized carbons (Fsp3) is 0.538. The van der Waals surface area contributed by atoms with Gasteiger partial charge in [0.05, 0.1) is 0 Å². The minimum atomic E-state index is 0.305. The predicted octanol–water partition coefficient (Wildman–Crippen LogP) is 2.73. The fourth-order valence-corrected chi connectivity index (χ4v) is 2.51. The number of aliphatic hydroxyl groups excluding tert-OH is 1. The van der Waals surface area contributed by atoms with Crippen LogP contribution < -0.4 is 0 Å². The molecule has 0 aliphatic heterocycles. The number of hydrogen-bond donors (Lipinski definition) is 1. The quantitative estimate of drug-likeness (QED) is 0.760. The van der Waals surface area contributed by atoms with Gasteiger partial charge >= 0.3 is 0 Å². The molecule has 0 radical (unpaired) electrons. The van der Waals surface area contributed by atoms with Crippen LogP contribution in [0.1, 0.15) is 36.8 Å². The number of benzene rings is 1. The maximum absolute atomic E-state index is 9.21. The molecule has 0 amide bonds. The summed E-state index contributed by atoms with van der Waals surface area (Å²) in [6.45, 7) is 2.45. The van der Waals surface area contributed by atoms with Gasteiger partial charge in [-0.1, -0.05) is 31.2 Å². The third-order valence-electron chi connectivity index (χ3n) is 3.39. The Morgan fingerprint density at radius 2 is 2.21 bits per heavy atom. The molecule has 1 aromatic rings. The second-order valence-electron chi connectivity index (χ2n) is 4.36. The lowest BCUT2D eigenvalue weighted by Crippen LogP contribution is -2.18. The Morgan fingerprint density at radius 3 is 3.00 bits per heavy atom. The van der Waals surface area contributed by atoms with Crippen LogP contribution in [0.25, 0.3) is 0 Å². The SMILES string of the molecule is CC(CO)C1CCCc2ccccc21. The van der Waals surface area contributed by atoms with Crippen molar-refractivity contribution < 1.29 is 5.11 Å². The van der Waals surface area contributed by atoms with Gasteiger partial charge in [-0.15, -0.1) is 0 Å². The van der Waals surface area contributed by atoms with Crippen molar-refractivity contribution in [1.29, 1.82) is 0 Å². The van der Waals surface area contributed by atoms with Gasteiger partial charge in [-0.05, 0) is 42.2 Å². The number of aryl methyl sites for hydroxylation is 1. The van der Waals surface area contributed by atoms with Gasteiger partial charge < -0.3 is 5.11 Å². The number of fused-ring (bicyclic) bond motifs is 1. The van der Waals surface area contributed by atoms with Crippen LogP contribution in [0.2, 0.25) is 0 Å². The van der Waals surface area contributed by atoms with Crippen LogP contribution in [0.3, 0.4) is 0 Å². The summed E-state index contributed by atoms with van der Waals surface area (Å²) in [6, 6.07) is 8.68. The molecule has 0 aromatic heterocycles. The molecule has 2 unspecified atom stereocenters. The summed E-state index contributed by atoms with van der Waals surface area (Å²) in [6.07, 6.45) is 3.72. The zero-order valence-corrected chi connectivity index (χ0v) is 8.74. The van der Waals surface area contributed by atoms with E-state index in [-0.39, 0.29) is 0 Å². The van der Waals surface area contributed by atoms with Crippen molar-refractivity contribution in [1.82, 2.24) is 0 Å². The Morgan fingerprint density at radius 1 is 1.43 bits per heavy atom. The molecular formula is C13H18O. The lowest BCUT2D eigenvalue weighted by atomic mass is 9.77. The van der Waals surface area contributed by atoms with E-state index in [1.807, 2.05) is 0 Å². The highest BCUT2D eigenvalue weighted by molar-refractivity contribution is 5.32. The van der Waals surface area contributed by atoms with Crippen molar-refractivity contribution in [2.45, 2.75) is 32.1 Å². The number of aliphatic hydroxyl groups is 1. The van der Waals surface area contributed by atoms with Crippen LogP contribution in [-0.4, -0.2) is 11.7 Å². The van der Waals surface area contributed by atoms with Crippen molar-refractivity contribution in [3.8, 4) is 0 Å². The first-order valence-corrected chi connectivity index (χ1v) is 5.51. The first-order chi connectivity index (χ1) is 6.83. The molecule has 1 aliphatic rings. The highest BCUT2D eigenvalue weighted by Gasteiger charge is 2.23. The minimum absolute atomic E-state index is 0.305. The Labute approximate surface area is 85.8 Å². The Kier molecular flexibility index (Phi) is 2.87.